The first-order valence-electron chi connectivity index (χ1n) is 15.4. The van der Waals surface area contributed by atoms with E-state index in [4.69, 9.17) is 11.6 Å². The summed E-state index contributed by atoms with van der Waals surface area (Å²) in [6.07, 6.45) is 2.27. The Kier molecular flexibility index (Phi) is 7.24. The highest BCUT2D eigenvalue weighted by molar-refractivity contribution is 6.58. The number of benzene rings is 3. The number of rotatable bonds is 4. The minimum atomic E-state index is -1.79. The third-order valence-electron chi connectivity index (χ3n) is 10.7. The van der Waals surface area contributed by atoms with Crippen molar-refractivity contribution in [2.45, 2.75) is 39.5 Å². The van der Waals surface area contributed by atoms with E-state index in [1.54, 1.807) is 39.0 Å². The van der Waals surface area contributed by atoms with E-state index < -0.39 is 71.6 Å². The van der Waals surface area contributed by atoms with Gasteiger partial charge in [0.25, 0.3) is 0 Å². The van der Waals surface area contributed by atoms with Crippen molar-refractivity contribution >= 4 is 59.2 Å². The monoisotopic (exact) mass is 656 g/mol. The Balaban J connectivity index is 1.37. The molecule has 3 aromatic carbocycles. The molecule has 1 saturated carbocycles. The first-order valence-corrected chi connectivity index (χ1v) is 15.8. The molecule has 2 aliphatic heterocycles. The fourth-order valence-electron chi connectivity index (χ4n) is 8.50. The van der Waals surface area contributed by atoms with Gasteiger partial charge in [-0.3, -0.25) is 24.1 Å². The quantitative estimate of drug-likeness (QED) is 0.220. The molecule has 12 heteroatoms. The highest BCUT2D eigenvalue weighted by Gasteiger charge is 2.67. The average molecular weight is 657 g/mol. The smallest absolute Gasteiger partial charge is 0.488 e. The van der Waals surface area contributed by atoms with Gasteiger partial charge in [-0.15, -0.1) is 0 Å². The van der Waals surface area contributed by atoms with Crippen molar-refractivity contribution in [3.05, 3.63) is 93.8 Å². The van der Waals surface area contributed by atoms with E-state index in [9.17, 15) is 38.7 Å². The van der Waals surface area contributed by atoms with E-state index in [2.05, 4.69) is 0 Å². The lowest BCUT2D eigenvalue weighted by atomic mass is 9.51. The molecule has 3 N–H and O–H groups in total. The Morgan fingerprint density at radius 2 is 1.57 bits per heavy atom. The number of hydrogen-bond donors (Lipinski definition) is 3. The summed E-state index contributed by atoms with van der Waals surface area (Å²) in [6.45, 7) is 5.24. The molecule has 0 bridgehead atoms. The molecule has 3 aromatic rings. The van der Waals surface area contributed by atoms with Gasteiger partial charge in [0.1, 0.15) is 11.6 Å². The lowest BCUT2D eigenvalue weighted by molar-refractivity contribution is -0.131. The molecule has 0 radical (unpaired) electrons. The van der Waals surface area contributed by atoms with Gasteiger partial charge in [0.05, 0.1) is 39.6 Å². The first kappa shape index (κ1) is 31.3. The van der Waals surface area contributed by atoms with Crippen molar-refractivity contribution in [3.8, 4) is 5.75 Å². The van der Waals surface area contributed by atoms with Crippen LogP contribution < -0.4 is 15.3 Å². The number of amides is 4. The van der Waals surface area contributed by atoms with Gasteiger partial charge in [0.2, 0.25) is 23.6 Å². The number of hydrogen-bond acceptors (Lipinski definition) is 7. The molecule has 0 aromatic heterocycles. The molecule has 47 heavy (non-hydrogen) atoms. The van der Waals surface area contributed by atoms with Crippen molar-refractivity contribution in [1.82, 2.24) is 0 Å². The number of phenols is 1. The predicted molar refractivity (Wildman–Crippen MR) is 172 cm³/mol. The van der Waals surface area contributed by atoms with Crippen LogP contribution in [-0.4, -0.2) is 45.9 Å². The van der Waals surface area contributed by atoms with E-state index >= 15 is 0 Å². The lowest BCUT2D eigenvalue weighted by Crippen LogP contribution is -2.49. The summed E-state index contributed by atoms with van der Waals surface area (Å²) in [5.74, 6) is -6.15. The molecule has 9 nitrogen and oxygen atoms in total. The maximum absolute atomic E-state index is 14.6. The first-order chi connectivity index (χ1) is 22.2. The maximum atomic E-state index is 14.6. The summed E-state index contributed by atoms with van der Waals surface area (Å²) in [4.78, 5) is 59.1. The molecule has 0 unspecified atom stereocenters. The van der Waals surface area contributed by atoms with Gasteiger partial charge in [-0.25, -0.2) is 9.29 Å². The summed E-state index contributed by atoms with van der Waals surface area (Å²) in [5.41, 5.74) is 1.79. The van der Waals surface area contributed by atoms with Crippen LogP contribution in [0.1, 0.15) is 42.4 Å². The topological polar surface area (TPSA) is 135 Å². The van der Waals surface area contributed by atoms with Crippen LogP contribution in [0, 0.1) is 48.8 Å². The van der Waals surface area contributed by atoms with Crippen LogP contribution in [0.15, 0.2) is 66.2 Å². The van der Waals surface area contributed by atoms with E-state index in [1.807, 2.05) is 6.08 Å². The maximum Gasteiger partial charge on any atom is 0.488 e. The highest BCUT2D eigenvalue weighted by atomic mass is 35.5. The molecule has 7 rings (SSSR count). The molecule has 6 atom stereocenters. The van der Waals surface area contributed by atoms with Crippen LogP contribution in [0.2, 0.25) is 5.02 Å². The van der Waals surface area contributed by atoms with Crippen molar-refractivity contribution in [3.63, 3.8) is 0 Å². The molecule has 4 aliphatic rings. The average Bonchev–Trinajstić information content (AvgIpc) is 3.40. The minimum Gasteiger partial charge on any atom is -0.507 e. The number of halogens is 2. The highest BCUT2D eigenvalue weighted by Crippen LogP contribution is 2.64. The molecule has 2 aliphatic carbocycles. The minimum absolute atomic E-state index is 0.111. The normalized spacial score (nSPS) is 28.3. The van der Waals surface area contributed by atoms with Crippen LogP contribution >= 0.6 is 11.6 Å². The number of allylic oxidation sites excluding steroid dienone is 2. The Morgan fingerprint density at radius 3 is 2.23 bits per heavy atom. The lowest BCUT2D eigenvalue weighted by Gasteiger charge is -2.49. The summed E-state index contributed by atoms with van der Waals surface area (Å²) in [6, 6.07) is 13.2. The van der Waals surface area contributed by atoms with Crippen molar-refractivity contribution in [1.29, 1.82) is 0 Å². The van der Waals surface area contributed by atoms with Crippen LogP contribution in [0.3, 0.4) is 0 Å². The molecular weight excluding hydrogens is 626 g/mol. The fraction of sp³-hybridized carbons (Fsp3) is 0.314. The zero-order chi connectivity index (χ0) is 33.7. The summed E-state index contributed by atoms with van der Waals surface area (Å²) in [5, 5.41) is 29.8. The summed E-state index contributed by atoms with van der Waals surface area (Å²) < 4.78 is 14.1. The van der Waals surface area contributed by atoms with Gasteiger partial charge in [0.15, 0.2) is 0 Å². The van der Waals surface area contributed by atoms with Gasteiger partial charge < -0.3 is 15.2 Å². The van der Waals surface area contributed by atoms with E-state index in [-0.39, 0.29) is 40.5 Å². The number of aromatic hydroxyl groups is 1. The fourth-order valence-corrected chi connectivity index (χ4v) is 8.68. The number of phenolic OH excluding ortho intramolecular Hbond substituents is 1. The summed E-state index contributed by atoms with van der Waals surface area (Å²) >= 11 is 6.07. The number of anilines is 2. The van der Waals surface area contributed by atoms with Gasteiger partial charge in [-0.2, -0.15) is 0 Å². The summed E-state index contributed by atoms with van der Waals surface area (Å²) in [7, 11) is -1.79. The Bertz CT molecular complexity index is 1930. The zero-order valence-corrected chi connectivity index (χ0v) is 26.5. The van der Waals surface area contributed by atoms with Crippen LogP contribution in [0.25, 0.3) is 0 Å². The largest absolute Gasteiger partial charge is 0.507 e. The van der Waals surface area contributed by atoms with Gasteiger partial charge >= 0.3 is 7.12 Å². The molecule has 240 valence electrons. The number of carbonyl (C=O) groups excluding carboxylic acids is 4. The third kappa shape index (κ3) is 4.43. The standard InChI is InChI=1S/C35H31BClFN2O7/c1-16-11-18(12-17(2)30(16)41)29-22-8-9-23-28(33(44)39(31(23)42)20-6-4-5-19(13-20)36(46)47)24(22)15-25-32(43)40(34(45)35(25,29)3)21-7-10-27(38)26(37)14-21/h4-8,10-14,23-25,28-29,41,46-47H,9,15H2,1-3H3/t23-,24+,25-,28-,29-,35+/m0/s1. The molecule has 4 amide bonds. The second-order valence-corrected chi connectivity index (χ2v) is 13.7. The number of nitrogens with zero attached hydrogens (tertiary/aromatic N) is 2. The number of fused-ring (bicyclic) bond motifs is 4. The predicted octanol–water partition coefficient (Wildman–Crippen LogP) is 3.92. The van der Waals surface area contributed by atoms with E-state index in [0.29, 0.717) is 16.7 Å². The second kappa shape index (κ2) is 10.9. The number of aryl methyl sites for hydroxylation is 2. The van der Waals surface area contributed by atoms with Gasteiger partial charge in [0, 0.05) is 5.92 Å². The van der Waals surface area contributed by atoms with Crippen LogP contribution in [0.5, 0.6) is 5.75 Å². The number of imide groups is 2. The van der Waals surface area contributed by atoms with Gasteiger partial charge in [-0.1, -0.05) is 47.5 Å². The molecule has 2 saturated heterocycles. The van der Waals surface area contributed by atoms with Crippen LogP contribution in [0.4, 0.5) is 15.8 Å². The number of carbonyl (C=O) groups is 4. The van der Waals surface area contributed by atoms with Crippen LogP contribution in [-0.2, 0) is 19.2 Å². The van der Waals surface area contributed by atoms with Crippen molar-refractivity contribution < 1.29 is 38.7 Å². The molecular formula is C35H31BClFN2O7. The Hall–Kier alpha value is -4.32. The Labute approximate surface area is 275 Å². The third-order valence-corrected chi connectivity index (χ3v) is 11.0. The molecule has 2 heterocycles. The molecule has 0 spiro atoms. The van der Waals surface area contributed by atoms with Gasteiger partial charge in [-0.05, 0) is 92.0 Å². The Morgan fingerprint density at radius 1 is 0.894 bits per heavy atom. The van der Waals surface area contributed by atoms with Crippen molar-refractivity contribution in [2.75, 3.05) is 9.80 Å². The SMILES string of the molecule is Cc1cc([C@H]2C3=CC[C@@H]4C(=O)N(c5cccc(B(O)O)c5)C(=O)[C@@H]4[C@@H]3C[C@H]3C(=O)N(c4ccc(F)c(Cl)c4)C(=O)[C@@]23C)cc(C)c1O. The van der Waals surface area contributed by atoms with E-state index in [1.165, 1.54) is 30.3 Å². The zero-order valence-electron chi connectivity index (χ0n) is 25.8. The van der Waals surface area contributed by atoms with Crippen molar-refractivity contribution in [2.24, 2.45) is 29.1 Å². The van der Waals surface area contributed by atoms with E-state index in [0.717, 1.165) is 21.4 Å². The molecule has 3 fully saturated rings. The second-order valence-electron chi connectivity index (χ2n) is 13.2.